The summed E-state index contributed by atoms with van der Waals surface area (Å²) in [6, 6.07) is 0.382. The number of aryl methyl sites for hydroxylation is 1. The minimum absolute atomic E-state index is 0.382. The molecule has 1 aliphatic rings. The summed E-state index contributed by atoms with van der Waals surface area (Å²) >= 11 is 3.58. The number of rotatable bonds is 2. The first kappa shape index (κ1) is 13.8. The second kappa shape index (κ2) is 5.33. The van der Waals surface area contributed by atoms with Gasteiger partial charge in [-0.05, 0) is 60.9 Å². The van der Waals surface area contributed by atoms with Crippen LogP contribution in [-0.4, -0.2) is 20.6 Å². The normalized spacial score (nSPS) is 23.4. The molecule has 0 unspecified atom stereocenters. The van der Waals surface area contributed by atoms with E-state index in [1.807, 2.05) is 6.92 Å². The molecule has 108 valence electrons. The van der Waals surface area contributed by atoms with Crippen LogP contribution in [0.15, 0.2) is 10.7 Å². The third-order valence-electron chi connectivity index (χ3n) is 4.24. The Hall–Kier alpha value is -1.14. The molecule has 4 N–H and O–H groups in total. The lowest BCUT2D eigenvalue weighted by Gasteiger charge is -2.26. The molecule has 0 amide bonds. The van der Waals surface area contributed by atoms with E-state index < -0.39 is 0 Å². The smallest absolute Gasteiger partial charge is 0.160 e. The number of hydrogen-bond donors (Lipinski definition) is 2. The second-order valence-corrected chi connectivity index (χ2v) is 6.60. The molecule has 1 saturated carbocycles. The molecule has 1 fully saturated rings. The van der Waals surface area contributed by atoms with Gasteiger partial charge in [-0.1, -0.05) is 0 Å². The van der Waals surface area contributed by atoms with Gasteiger partial charge in [-0.15, -0.1) is 0 Å². The fourth-order valence-electron chi connectivity index (χ4n) is 2.95. The Morgan fingerprint density at radius 1 is 1.35 bits per heavy atom. The van der Waals surface area contributed by atoms with Crippen LogP contribution in [0.25, 0.3) is 5.65 Å². The summed E-state index contributed by atoms with van der Waals surface area (Å²) in [5.74, 6) is 1.29. The number of nitrogens with zero attached hydrogens (tertiary/aromatic N) is 3. The molecule has 0 bridgehead atoms. The predicted molar refractivity (Wildman–Crippen MR) is 83.5 cm³/mol. The van der Waals surface area contributed by atoms with Gasteiger partial charge in [-0.25, -0.2) is 4.98 Å². The average Bonchev–Trinajstić information content (AvgIpc) is 2.80. The molecule has 0 saturated heterocycles. The zero-order valence-electron chi connectivity index (χ0n) is 11.6. The highest BCUT2D eigenvalue weighted by Gasteiger charge is 2.22. The maximum atomic E-state index is 6.15. The lowest BCUT2D eigenvalue weighted by molar-refractivity contribution is 0.323. The Morgan fingerprint density at radius 3 is 2.75 bits per heavy atom. The van der Waals surface area contributed by atoms with Gasteiger partial charge in [0.05, 0.1) is 16.4 Å². The second-order valence-electron chi connectivity index (χ2n) is 5.81. The number of anilines is 1. The zero-order chi connectivity index (χ0) is 14.3. The van der Waals surface area contributed by atoms with E-state index in [9.17, 15) is 0 Å². The summed E-state index contributed by atoms with van der Waals surface area (Å²) in [6.07, 6.45) is 7.35. The van der Waals surface area contributed by atoms with Gasteiger partial charge >= 0.3 is 0 Å². The fraction of sp³-hybridized carbons (Fsp3) is 0.571. The SMILES string of the molecule is Cc1cnn2c(N)c(Br)c(CC3CCC(N)CC3)nc12. The minimum atomic E-state index is 0.382. The molecule has 0 aromatic carbocycles. The highest BCUT2D eigenvalue weighted by molar-refractivity contribution is 9.10. The lowest BCUT2D eigenvalue weighted by Crippen LogP contribution is -2.27. The van der Waals surface area contributed by atoms with E-state index in [1.54, 1.807) is 10.7 Å². The van der Waals surface area contributed by atoms with Gasteiger partial charge in [0.1, 0.15) is 5.82 Å². The Labute approximate surface area is 126 Å². The van der Waals surface area contributed by atoms with Crippen LogP contribution < -0.4 is 11.5 Å². The first-order valence-electron chi connectivity index (χ1n) is 7.10. The molecule has 5 nitrogen and oxygen atoms in total. The van der Waals surface area contributed by atoms with Crippen LogP contribution >= 0.6 is 15.9 Å². The van der Waals surface area contributed by atoms with Crippen LogP contribution in [0, 0.1) is 12.8 Å². The Morgan fingerprint density at radius 2 is 2.05 bits per heavy atom. The van der Waals surface area contributed by atoms with Gasteiger partial charge in [-0.3, -0.25) is 0 Å². The van der Waals surface area contributed by atoms with Crippen LogP contribution in [-0.2, 0) is 6.42 Å². The summed E-state index contributed by atoms with van der Waals surface area (Å²) in [4.78, 5) is 4.75. The topological polar surface area (TPSA) is 82.2 Å². The third-order valence-corrected chi connectivity index (χ3v) is 5.10. The fourth-order valence-corrected chi connectivity index (χ4v) is 3.37. The lowest BCUT2D eigenvalue weighted by atomic mass is 9.84. The Kier molecular flexibility index (Phi) is 3.69. The van der Waals surface area contributed by atoms with Crippen LogP contribution in [0.4, 0.5) is 5.82 Å². The molecule has 2 aromatic heterocycles. The van der Waals surface area contributed by atoms with Crippen LogP contribution in [0.1, 0.15) is 36.9 Å². The first-order chi connectivity index (χ1) is 9.56. The van der Waals surface area contributed by atoms with Crippen molar-refractivity contribution in [2.75, 3.05) is 5.73 Å². The van der Waals surface area contributed by atoms with Gasteiger partial charge < -0.3 is 11.5 Å². The molecule has 0 aliphatic heterocycles. The number of nitrogen functional groups attached to an aromatic ring is 1. The van der Waals surface area contributed by atoms with Crippen molar-refractivity contribution in [3.8, 4) is 0 Å². The number of fused-ring (bicyclic) bond motifs is 1. The van der Waals surface area contributed by atoms with Crippen molar-refractivity contribution in [1.29, 1.82) is 0 Å². The van der Waals surface area contributed by atoms with Gasteiger partial charge in [0.15, 0.2) is 5.65 Å². The van der Waals surface area contributed by atoms with E-state index in [4.69, 9.17) is 16.5 Å². The molecule has 2 heterocycles. The predicted octanol–water partition coefficient (Wildman–Crippen LogP) is 2.44. The van der Waals surface area contributed by atoms with E-state index in [-0.39, 0.29) is 0 Å². The number of nitrogens with two attached hydrogens (primary N) is 2. The number of hydrogen-bond acceptors (Lipinski definition) is 4. The van der Waals surface area contributed by atoms with Gasteiger partial charge in [0.2, 0.25) is 0 Å². The molecule has 0 atom stereocenters. The standard InChI is InChI=1S/C14H20BrN5/c1-8-7-18-20-13(17)12(15)11(19-14(8)20)6-9-2-4-10(16)5-3-9/h7,9-10H,2-6,16-17H2,1H3. The van der Waals surface area contributed by atoms with E-state index in [0.29, 0.717) is 17.8 Å². The van der Waals surface area contributed by atoms with Crippen LogP contribution in [0.2, 0.25) is 0 Å². The monoisotopic (exact) mass is 337 g/mol. The van der Waals surface area contributed by atoms with Gasteiger partial charge in [-0.2, -0.15) is 9.61 Å². The summed E-state index contributed by atoms with van der Waals surface area (Å²) in [7, 11) is 0. The van der Waals surface area contributed by atoms with E-state index in [0.717, 1.165) is 40.6 Å². The molecular formula is C14H20BrN5. The highest BCUT2D eigenvalue weighted by Crippen LogP contribution is 2.31. The van der Waals surface area contributed by atoms with E-state index in [1.165, 1.54) is 12.8 Å². The molecule has 1 aliphatic carbocycles. The average molecular weight is 338 g/mol. The number of halogens is 1. The van der Waals surface area contributed by atoms with E-state index >= 15 is 0 Å². The first-order valence-corrected chi connectivity index (χ1v) is 7.89. The molecule has 0 radical (unpaired) electrons. The molecule has 0 spiro atoms. The van der Waals surface area contributed by atoms with Crippen LogP contribution in [0.3, 0.4) is 0 Å². The third kappa shape index (κ3) is 2.42. The molecular weight excluding hydrogens is 318 g/mol. The minimum Gasteiger partial charge on any atom is -0.383 e. The summed E-state index contributed by atoms with van der Waals surface area (Å²) in [5.41, 5.74) is 15.1. The van der Waals surface area contributed by atoms with Crippen molar-refractivity contribution in [2.45, 2.75) is 45.1 Å². The van der Waals surface area contributed by atoms with Crippen molar-refractivity contribution < 1.29 is 0 Å². The molecule has 3 rings (SSSR count). The maximum absolute atomic E-state index is 6.15. The Balaban J connectivity index is 1.91. The van der Waals surface area contributed by atoms with Crippen molar-refractivity contribution in [3.05, 3.63) is 21.9 Å². The molecule has 6 heteroatoms. The summed E-state index contributed by atoms with van der Waals surface area (Å²) < 4.78 is 2.57. The quantitative estimate of drug-likeness (QED) is 0.881. The summed E-state index contributed by atoms with van der Waals surface area (Å²) in [6.45, 7) is 2.01. The van der Waals surface area contributed by atoms with Crippen molar-refractivity contribution in [3.63, 3.8) is 0 Å². The number of aromatic nitrogens is 3. The largest absolute Gasteiger partial charge is 0.383 e. The van der Waals surface area contributed by atoms with E-state index in [2.05, 4.69) is 21.0 Å². The van der Waals surface area contributed by atoms with Gasteiger partial charge in [0, 0.05) is 11.6 Å². The maximum Gasteiger partial charge on any atom is 0.160 e. The summed E-state index contributed by atoms with van der Waals surface area (Å²) in [5, 5.41) is 4.26. The van der Waals surface area contributed by atoms with Crippen molar-refractivity contribution in [2.24, 2.45) is 11.7 Å². The highest BCUT2D eigenvalue weighted by atomic mass is 79.9. The van der Waals surface area contributed by atoms with Crippen molar-refractivity contribution in [1.82, 2.24) is 14.6 Å². The molecule has 20 heavy (non-hydrogen) atoms. The van der Waals surface area contributed by atoms with Crippen LogP contribution in [0.5, 0.6) is 0 Å². The van der Waals surface area contributed by atoms with Gasteiger partial charge in [0.25, 0.3) is 0 Å². The molecule has 2 aromatic rings. The zero-order valence-corrected chi connectivity index (χ0v) is 13.2. The Bertz CT molecular complexity index is 628. The van der Waals surface area contributed by atoms with Crippen molar-refractivity contribution >= 4 is 27.4 Å².